The molecule has 0 amide bonds. The Morgan fingerprint density at radius 2 is 2.00 bits per heavy atom. The lowest BCUT2D eigenvalue weighted by Crippen LogP contribution is -2.38. The number of halogens is 2. The molecule has 1 aliphatic rings. The lowest BCUT2D eigenvalue weighted by Gasteiger charge is -2.22. The fourth-order valence-electron chi connectivity index (χ4n) is 1.93. The average molecular weight is 294 g/mol. The minimum Gasteiger partial charge on any atom is -0.315 e. The summed E-state index contributed by atoms with van der Waals surface area (Å²) >= 11 is 11.6. The maximum atomic E-state index is 12.3. The van der Waals surface area contributed by atoms with E-state index in [-0.39, 0.29) is 15.2 Å². The number of hydrogen-bond acceptors (Lipinski definition) is 3. The van der Waals surface area contributed by atoms with Crippen LogP contribution < -0.4 is 5.32 Å². The molecule has 1 heterocycles. The van der Waals surface area contributed by atoms with E-state index in [4.69, 9.17) is 23.2 Å². The van der Waals surface area contributed by atoms with Crippen molar-refractivity contribution in [1.82, 2.24) is 5.32 Å². The van der Waals surface area contributed by atoms with Crippen molar-refractivity contribution in [2.75, 3.05) is 13.1 Å². The van der Waals surface area contributed by atoms with Gasteiger partial charge in [-0.3, -0.25) is 0 Å². The molecule has 1 fully saturated rings. The third-order valence-electron chi connectivity index (χ3n) is 2.91. The first-order valence-corrected chi connectivity index (χ1v) is 7.72. The van der Waals surface area contributed by atoms with Gasteiger partial charge in [-0.25, -0.2) is 8.42 Å². The molecule has 2 rings (SSSR count). The van der Waals surface area contributed by atoms with Crippen molar-refractivity contribution in [3.05, 3.63) is 28.2 Å². The highest BCUT2D eigenvalue weighted by molar-refractivity contribution is 7.92. The number of hydrogen-bond donors (Lipinski definition) is 1. The molecule has 1 aromatic carbocycles. The van der Waals surface area contributed by atoms with Crippen LogP contribution in [0, 0.1) is 0 Å². The highest BCUT2D eigenvalue weighted by atomic mass is 35.5. The Balaban J connectivity index is 2.33. The van der Waals surface area contributed by atoms with Gasteiger partial charge in [-0.15, -0.1) is 0 Å². The number of sulfone groups is 1. The fourth-order valence-corrected chi connectivity index (χ4v) is 4.03. The first-order chi connectivity index (χ1) is 8.01. The van der Waals surface area contributed by atoms with Gasteiger partial charge in [0.05, 0.1) is 20.2 Å². The van der Waals surface area contributed by atoms with E-state index in [1.54, 1.807) is 0 Å². The SMILES string of the molecule is O=S(=O)(c1ccc(Cl)c(Cl)c1)C1CCCNC1. The second-order valence-electron chi connectivity index (χ2n) is 4.09. The van der Waals surface area contributed by atoms with Crippen LogP contribution in [-0.4, -0.2) is 26.8 Å². The molecular formula is C11H13Cl2NO2S. The molecule has 0 bridgehead atoms. The molecule has 0 radical (unpaired) electrons. The first-order valence-electron chi connectivity index (χ1n) is 5.41. The van der Waals surface area contributed by atoms with E-state index in [9.17, 15) is 8.42 Å². The minimum atomic E-state index is -3.31. The van der Waals surface area contributed by atoms with Crippen molar-refractivity contribution in [2.45, 2.75) is 23.0 Å². The molecule has 0 aliphatic carbocycles. The van der Waals surface area contributed by atoms with Gasteiger partial charge >= 0.3 is 0 Å². The van der Waals surface area contributed by atoms with Gasteiger partial charge in [0.25, 0.3) is 0 Å². The van der Waals surface area contributed by atoms with Crippen LogP contribution in [0.4, 0.5) is 0 Å². The molecule has 6 heteroatoms. The average Bonchev–Trinajstić information content (AvgIpc) is 2.33. The zero-order chi connectivity index (χ0) is 12.5. The lowest BCUT2D eigenvalue weighted by atomic mass is 10.2. The normalized spacial score (nSPS) is 21.4. The van der Waals surface area contributed by atoms with Gasteiger partial charge in [0.15, 0.2) is 9.84 Å². The smallest absolute Gasteiger partial charge is 0.182 e. The van der Waals surface area contributed by atoms with Crippen LogP contribution in [0.1, 0.15) is 12.8 Å². The van der Waals surface area contributed by atoms with E-state index < -0.39 is 9.84 Å². The predicted octanol–water partition coefficient (Wildman–Crippen LogP) is 2.52. The Morgan fingerprint density at radius 1 is 1.24 bits per heavy atom. The van der Waals surface area contributed by atoms with Crippen molar-refractivity contribution in [2.24, 2.45) is 0 Å². The zero-order valence-electron chi connectivity index (χ0n) is 9.12. The molecule has 0 saturated carbocycles. The second kappa shape index (κ2) is 5.14. The molecule has 1 atom stereocenters. The second-order valence-corrected chi connectivity index (χ2v) is 7.13. The highest BCUT2D eigenvalue weighted by Gasteiger charge is 2.29. The van der Waals surface area contributed by atoms with E-state index in [0.717, 1.165) is 13.0 Å². The summed E-state index contributed by atoms with van der Waals surface area (Å²) < 4.78 is 24.6. The number of benzene rings is 1. The third kappa shape index (κ3) is 2.76. The predicted molar refractivity (Wildman–Crippen MR) is 69.5 cm³/mol. The number of nitrogens with one attached hydrogen (secondary N) is 1. The summed E-state index contributed by atoms with van der Waals surface area (Å²) in [6.45, 7) is 1.38. The van der Waals surface area contributed by atoms with Crippen LogP contribution >= 0.6 is 23.2 Å². The molecule has 94 valence electrons. The van der Waals surface area contributed by atoms with Crippen molar-refractivity contribution < 1.29 is 8.42 Å². The van der Waals surface area contributed by atoms with E-state index >= 15 is 0 Å². The Hall–Kier alpha value is -0.290. The first kappa shape index (κ1) is 13.1. The number of rotatable bonds is 2. The molecule has 0 spiro atoms. The molecule has 0 aromatic heterocycles. The lowest BCUT2D eigenvalue weighted by molar-refractivity contribution is 0.497. The maximum absolute atomic E-state index is 12.3. The molecule has 1 aromatic rings. The summed E-state index contributed by atoms with van der Waals surface area (Å²) in [6.07, 6.45) is 1.57. The summed E-state index contributed by atoms with van der Waals surface area (Å²) in [5, 5.41) is 3.37. The van der Waals surface area contributed by atoms with Crippen LogP contribution in [0.5, 0.6) is 0 Å². The molecule has 1 saturated heterocycles. The van der Waals surface area contributed by atoms with Gasteiger partial charge < -0.3 is 5.32 Å². The van der Waals surface area contributed by atoms with Crippen LogP contribution in [-0.2, 0) is 9.84 Å². The topological polar surface area (TPSA) is 46.2 Å². The van der Waals surface area contributed by atoms with Gasteiger partial charge in [0.2, 0.25) is 0 Å². The standard InChI is InChI=1S/C11H13Cl2NO2S/c12-10-4-3-8(6-11(10)13)17(15,16)9-2-1-5-14-7-9/h3-4,6,9,14H,1-2,5,7H2. The zero-order valence-corrected chi connectivity index (χ0v) is 11.4. The van der Waals surface area contributed by atoms with Crippen LogP contribution in [0.3, 0.4) is 0 Å². The Labute approximate surface area is 111 Å². The summed E-state index contributed by atoms with van der Waals surface area (Å²) in [5.41, 5.74) is 0. The summed E-state index contributed by atoms with van der Waals surface area (Å²) in [7, 11) is -3.31. The minimum absolute atomic E-state index is 0.251. The Kier molecular flexibility index (Phi) is 3.98. The third-order valence-corrected chi connectivity index (χ3v) is 5.84. The number of piperidine rings is 1. The molecule has 1 unspecified atom stereocenters. The quantitative estimate of drug-likeness (QED) is 0.911. The summed E-state index contributed by atoms with van der Waals surface area (Å²) in [5.74, 6) is 0. The molecule has 3 nitrogen and oxygen atoms in total. The summed E-state index contributed by atoms with van der Waals surface area (Å²) in [4.78, 5) is 0.251. The highest BCUT2D eigenvalue weighted by Crippen LogP contribution is 2.28. The molecule has 17 heavy (non-hydrogen) atoms. The Bertz CT molecular complexity index is 510. The van der Waals surface area contributed by atoms with Crippen LogP contribution in [0.25, 0.3) is 0 Å². The van der Waals surface area contributed by atoms with Crippen molar-refractivity contribution >= 4 is 33.0 Å². The largest absolute Gasteiger partial charge is 0.315 e. The maximum Gasteiger partial charge on any atom is 0.182 e. The van der Waals surface area contributed by atoms with Crippen molar-refractivity contribution in [1.29, 1.82) is 0 Å². The van der Waals surface area contributed by atoms with Crippen LogP contribution in [0.15, 0.2) is 23.1 Å². The van der Waals surface area contributed by atoms with Gasteiger partial charge in [0.1, 0.15) is 0 Å². The molecule has 1 aliphatic heterocycles. The fraction of sp³-hybridized carbons (Fsp3) is 0.455. The van der Waals surface area contributed by atoms with Gasteiger partial charge in [-0.1, -0.05) is 23.2 Å². The van der Waals surface area contributed by atoms with Crippen molar-refractivity contribution in [3.63, 3.8) is 0 Å². The van der Waals surface area contributed by atoms with E-state index in [1.165, 1.54) is 18.2 Å². The van der Waals surface area contributed by atoms with Gasteiger partial charge in [-0.2, -0.15) is 0 Å². The van der Waals surface area contributed by atoms with Crippen molar-refractivity contribution in [3.8, 4) is 0 Å². The Morgan fingerprint density at radius 3 is 2.59 bits per heavy atom. The van der Waals surface area contributed by atoms with E-state index in [2.05, 4.69) is 5.32 Å². The van der Waals surface area contributed by atoms with Gasteiger partial charge in [0, 0.05) is 6.54 Å². The van der Waals surface area contributed by atoms with E-state index in [0.29, 0.717) is 18.0 Å². The molecular weight excluding hydrogens is 281 g/mol. The van der Waals surface area contributed by atoms with Gasteiger partial charge in [-0.05, 0) is 37.6 Å². The summed E-state index contributed by atoms with van der Waals surface area (Å²) in [6, 6.07) is 4.46. The van der Waals surface area contributed by atoms with Crippen LogP contribution in [0.2, 0.25) is 10.0 Å². The van der Waals surface area contributed by atoms with E-state index in [1.807, 2.05) is 0 Å². The monoisotopic (exact) mass is 293 g/mol. The molecule has 1 N–H and O–H groups in total.